The summed E-state index contributed by atoms with van der Waals surface area (Å²) in [5.41, 5.74) is 4.46. The van der Waals surface area contributed by atoms with Gasteiger partial charge in [0.05, 0.1) is 18.2 Å². The van der Waals surface area contributed by atoms with E-state index >= 15 is 0 Å². The zero-order valence-corrected chi connectivity index (χ0v) is 20.0. The van der Waals surface area contributed by atoms with Crippen LogP contribution in [0.4, 0.5) is 14.9 Å². The summed E-state index contributed by atoms with van der Waals surface area (Å²) < 4.78 is 13.2. The van der Waals surface area contributed by atoms with Crippen molar-refractivity contribution >= 4 is 11.7 Å². The summed E-state index contributed by atoms with van der Waals surface area (Å²) in [5, 5.41) is 22.1. The van der Waals surface area contributed by atoms with Gasteiger partial charge in [-0.2, -0.15) is 5.26 Å². The second-order valence-electron chi connectivity index (χ2n) is 9.48. The van der Waals surface area contributed by atoms with Crippen molar-refractivity contribution in [2.45, 2.75) is 30.8 Å². The molecule has 0 saturated carbocycles. The van der Waals surface area contributed by atoms with Crippen LogP contribution in [0.1, 0.15) is 29.9 Å². The Bertz CT molecular complexity index is 1240. The lowest BCUT2D eigenvalue weighted by Gasteiger charge is -2.57. The lowest BCUT2D eigenvalue weighted by molar-refractivity contribution is -0.0585. The molecule has 2 saturated heterocycles. The van der Waals surface area contributed by atoms with Crippen molar-refractivity contribution in [2.75, 3.05) is 31.6 Å². The summed E-state index contributed by atoms with van der Waals surface area (Å²) >= 11 is 0. The van der Waals surface area contributed by atoms with Crippen molar-refractivity contribution in [1.29, 1.82) is 5.26 Å². The third-order valence-electron chi connectivity index (χ3n) is 7.40. The molecule has 2 fully saturated rings. The molecule has 2 aliphatic rings. The average Bonchev–Trinajstić information content (AvgIpc) is 2.89. The Balaban J connectivity index is 1.33. The van der Waals surface area contributed by atoms with Gasteiger partial charge in [-0.25, -0.2) is 9.18 Å². The van der Waals surface area contributed by atoms with Gasteiger partial charge in [0.1, 0.15) is 5.82 Å². The second-order valence-corrected chi connectivity index (χ2v) is 9.48. The highest BCUT2D eigenvalue weighted by Crippen LogP contribution is 2.42. The van der Waals surface area contributed by atoms with Gasteiger partial charge in [0, 0.05) is 36.8 Å². The summed E-state index contributed by atoms with van der Waals surface area (Å²) in [4.78, 5) is 17.2. The van der Waals surface area contributed by atoms with Gasteiger partial charge >= 0.3 is 6.03 Å². The number of carbonyl (C=O) groups is 1. The Morgan fingerprint density at radius 1 is 0.972 bits per heavy atom. The first kappa shape index (κ1) is 24.0. The molecule has 0 aliphatic carbocycles. The molecule has 184 valence electrons. The zero-order chi connectivity index (χ0) is 25.1. The fourth-order valence-electron chi connectivity index (χ4n) is 5.50. The first-order chi connectivity index (χ1) is 17.6. The quantitative estimate of drug-likeness (QED) is 0.557. The van der Waals surface area contributed by atoms with E-state index in [1.165, 1.54) is 12.1 Å². The number of amides is 2. The fraction of sp³-hybridized carbons (Fsp3) is 0.310. The van der Waals surface area contributed by atoms with E-state index in [0.717, 1.165) is 36.1 Å². The molecule has 3 atom stereocenters. The Morgan fingerprint density at radius 2 is 1.61 bits per heavy atom. The van der Waals surface area contributed by atoms with E-state index in [1.54, 1.807) is 12.1 Å². The summed E-state index contributed by atoms with van der Waals surface area (Å²) in [6.45, 7) is 2.19. The number of halogens is 1. The predicted molar refractivity (Wildman–Crippen MR) is 137 cm³/mol. The normalized spacial score (nSPS) is 21.9. The number of hydrogen-bond donors (Lipinski definition) is 2. The highest BCUT2D eigenvalue weighted by Gasteiger charge is 2.49. The van der Waals surface area contributed by atoms with E-state index in [2.05, 4.69) is 40.6 Å². The maximum absolute atomic E-state index is 13.2. The van der Waals surface area contributed by atoms with E-state index < -0.39 is 0 Å². The van der Waals surface area contributed by atoms with Crippen molar-refractivity contribution < 1.29 is 14.3 Å². The second kappa shape index (κ2) is 10.5. The van der Waals surface area contributed by atoms with E-state index in [0.29, 0.717) is 24.3 Å². The molecule has 0 unspecified atom stereocenters. The SMILES string of the molecule is N#Cc1ccc(-c2ccc([C@@H]3[C@H](CO)N4CCCCN(C(=O)Nc5ccc(F)cc5)C[C@@H]34)cc2)cc1. The van der Waals surface area contributed by atoms with Gasteiger partial charge < -0.3 is 15.3 Å². The number of nitrogens with zero attached hydrogens (tertiary/aromatic N) is 3. The first-order valence-electron chi connectivity index (χ1n) is 12.4. The van der Waals surface area contributed by atoms with Crippen LogP contribution < -0.4 is 5.32 Å². The number of rotatable bonds is 4. The minimum atomic E-state index is -0.340. The molecule has 2 amide bonds. The molecule has 7 heteroatoms. The number of nitrogens with one attached hydrogen (secondary N) is 1. The van der Waals surface area contributed by atoms with Crippen molar-refractivity contribution in [3.8, 4) is 17.2 Å². The van der Waals surface area contributed by atoms with Crippen LogP contribution in [0.25, 0.3) is 11.1 Å². The topological polar surface area (TPSA) is 79.6 Å². The molecule has 2 N–H and O–H groups in total. The number of aliphatic hydroxyl groups excluding tert-OH is 1. The Labute approximate surface area is 210 Å². The molecule has 2 aliphatic heterocycles. The third kappa shape index (κ3) is 4.83. The van der Waals surface area contributed by atoms with Crippen molar-refractivity contribution in [1.82, 2.24) is 9.80 Å². The number of urea groups is 1. The third-order valence-corrected chi connectivity index (χ3v) is 7.40. The number of aliphatic hydroxyl groups is 1. The van der Waals surface area contributed by atoms with Gasteiger partial charge in [-0.3, -0.25) is 4.90 Å². The maximum Gasteiger partial charge on any atom is 0.321 e. The van der Waals surface area contributed by atoms with Crippen LogP contribution >= 0.6 is 0 Å². The predicted octanol–water partition coefficient (Wildman–Crippen LogP) is 4.82. The Hall–Kier alpha value is -3.73. The van der Waals surface area contributed by atoms with Crippen LogP contribution in [0.2, 0.25) is 0 Å². The van der Waals surface area contributed by atoms with E-state index in [1.807, 2.05) is 29.2 Å². The Kier molecular flexibility index (Phi) is 6.99. The summed E-state index contributed by atoms with van der Waals surface area (Å²) in [5.74, 6) is -0.225. The smallest absolute Gasteiger partial charge is 0.321 e. The fourth-order valence-corrected chi connectivity index (χ4v) is 5.50. The van der Waals surface area contributed by atoms with Crippen molar-refractivity contribution in [3.63, 3.8) is 0 Å². The van der Waals surface area contributed by atoms with Gasteiger partial charge in [-0.15, -0.1) is 0 Å². The monoisotopic (exact) mass is 484 g/mol. The largest absolute Gasteiger partial charge is 0.395 e. The molecule has 0 radical (unpaired) electrons. The van der Waals surface area contributed by atoms with Gasteiger partial charge in [-0.1, -0.05) is 36.4 Å². The molecule has 2 heterocycles. The molecule has 5 rings (SSSR count). The standard InChI is InChI=1S/C29H29FN4O2/c30-24-11-13-25(14-12-24)32-29(36)33-15-1-2-16-34-26(18-33)28(27(34)19-35)23-9-7-22(8-10-23)21-5-3-20(17-31)4-6-21/h3-14,26-28,35H,1-2,15-16,18-19H2,(H,32,36)/t26-,27-,28-/m0/s1. The van der Waals surface area contributed by atoms with Crippen molar-refractivity contribution in [2.24, 2.45) is 0 Å². The van der Waals surface area contributed by atoms with Gasteiger partial charge in [0.15, 0.2) is 0 Å². The van der Waals surface area contributed by atoms with Gasteiger partial charge in [0.2, 0.25) is 0 Å². The molecule has 36 heavy (non-hydrogen) atoms. The molecule has 6 nitrogen and oxygen atoms in total. The minimum Gasteiger partial charge on any atom is -0.395 e. The highest BCUT2D eigenvalue weighted by molar-refractivity contribution is 5.89. The lowest BCUT2D eigenvalue weighted by atomic mass is 9.74. The zero-order valence-electron chi connectivity index (χ0n) is 20.0. The van der Waals surface area contributed by atoms with E-state index in [-0.39, 0.29) is 36.5 Å². The Morgan fingerprint density at radius 3 is 2.25 bits per heavy atom. The lowest BCUT2D eigenvalue weighted by Crippen LogP contribution is -2.68. The average molecular weight is 485 g/mol. The molecular formula is C29H29FN4O2. The minimum absolute atomic E-state index is 0.0240. The van der Waals surface area contributed by atoms with Crippen LogP contribution in [0.3, 0.4) is 0 Å². The highest BCUT2D eigenvalue weighted by atomic mass is 19.1. The van der Waals surface area contributed by atoms with E-state index in [9.17, 15) is 14.3 Å². The van der Waals surface area contributed by atoms with Crippen molar-refractivity contribution in [3.05, 3.63) is 89.7 Å². The summed E-state index contributed by atoms with van der Waals surface area (Å²) in [6.07, 6.45) is 1.85. The number of nitriles is 1. The number of carbonyl (C=O) groups excluding carboxylic acids is 1. The number of benzene rings is 3. The molecule has 3 aromatic carbocycles. The van der Waals surface area contributed by atoms with Gasteiger partial charge in [0.25, 0.3) is 0 Å². The number of hydrogen-bond acceptors (Lipinski definition) is 4. The maximum atomic E-state index is 13.2. The van der Waals surface area contributed by atoms with Gasteiger partial charge in [-0.05, 0) is 72.5 Å². The number of fused-ring (bicyclic) bond motifs is 1. The van der Waals surface area contributed by atoms with Crippen LogP contribution in [-0.2, 0) is 0 Å². The molecular weight excluding hydrogens is 455 g/mol. The van der Waals surface area contributed by atoms with Crippen LogP contribution in [0.5, 0.6) is 0 Å². The first-order valence-corrected chi connectivity index (χ1v) is 12.4. The van der Waals surface area contributed by atoms with Crippen LogP contribution in [0.15, 0.2) is 72.8 Å². The van der Waals surface area contributed by atoms with Crippen LogP contribution in [-0.4, -0.2) is 59.3 Å². The molecule has 0 spiro atoms. The molecule has 3 aromatic rings. The summed E-state index contributed by atoms with van der Waals surface area (Å²) in [7, 11) is 0. The van der Waals surface area contributed by atoms with Crippen LogP contribution in [0, 0.1) is 17.1 Å². The summed E-state index contributed by atoms with van der Waals surface area (Å²) in [6, 6.07) is 23.8. The van der Waals surface area contributed by atoms with E-state index in [4.69, 9.17) is 5.26 Å². The number of anilines is 1. The molecule has 0 aromatic heterocycles. The molecule has 0 bridgehead atoms.